The molecule has 0 spiro atoms. The van der Waals surface area contributed by atoms with Crippen LogP contribution in [-0.4, -0.2) is 30.8 Å². The van der Waals surface area contributed by atoms with E-state index in [2.05, 4.69) is 22.4 Å². The second-order valence-electron chi connectivity index (χ2n) is 6.46. The molecule has 25 heavy (non-hydrogen) atoms. The van der Waals surface area contributed by atoms with Gasteiger partial charge in [0.25, 0.3) is 5.91 Å². The standard InChI is InChI=1S/C20H24N2O2S/c1-24-16-9-7-15(8-10-16)20(11-3-4-12-20)14-22-18(23)17-6-5-13-21-19(17)25-2/h5-10,13H,3-4,11-12,14H2,1-2H3,(H,22,23). The number of nitrogens with zero attached hydrogens (tertiary/aromatic N) is 1. The molecule has 1 amide bonds. The number of thioether (sulfide) groups is 1. The molecule has 2 aromatic rings. The normalized spacial score (nSPS) is 15.8. The lowest BCUT2D eigenvalue weighted by molar-refractivity contribution is 0.0939. The van der Waals surface area contributed by atoms with Crippen LogP contribution in [-0.2, 0) is 5.41 Å². The summed E-state index contributed by atoms with van der Waals surface area (Å²) in [4.78, 5) is 17.0. The monoisotopic (exact) mass is 356 g/mol. The third-order valence-corrected chi connectivity index (χ3v) is 5.77. The second kappa shape index (κ2) is 7.91. The van der Waals surface area contributed by atoms with Crippen molar-refractivity contribution in [2.75, 3.05) is 19.9 Å². The van der Waals surface area contributed by atoms with E-state index in [1.807, 2.05) is 30.5 Å². The highest BCUT2D eigenvalue weighted by atomic mass is 32.2. The molecule has 1 aromatic heterocycles. The van der Waals surface area contributed by atoms with Gasteiger partial charge < -0.3 is 10.1 Å². The summed E-state index contributed by atoms with van der Waals surface area (Å²) in [7, 11) is 1.68. The van der Waals surface area contributed by atoms with Crippen molar-refractivity contribution >= 4 is 17.7 Å². The van der Waals surface area contributed by atoms with Crippen LogP contribution < -0.4 is 10.1 Å². The average Bonchev–Trinajstić information content (AvgIpc) is 3.16. The Morgan fingerprint density at radius 1 is 1.24 bits per heavy atom. The first-order valence-electron chi connectivity index (χ1n) is 8.60. The fourth-order valence-electron chi connectivity index (χ4n) is 3.63. The van der Waals surface area contributed by atoms with Crippen molar-refractivity contribution in [3.05, 3.63) is 53.7 Å². The van der Waals surface area contributed by atoms with Gasteiger partial charge in [-0.05, 0) is 48.9 Å². The summed E-state index contributed by atoms with van der Waals surface area (Å²) in [6, 6.07) is 11.9. The Hall–Kier alpha value is -2.01. The second-order valence-corrected chi connectivity index (χ2v) is 7.25. The highest BCUT2D eigenvalue weighted by molar-refractivity contribution is 7.98. The van der Waals surface area contributed by atoms with Crippen LogP contribution >= 0.6 is 11.8 Å². The molecule has 0 bridgehead atoms. The third-order valence-electron chi connectivity index (χ3n) is 5.06. The number of hydrogen-bond donors (Lipinski definition) is 1. The SMILES string of the molecule is COc1ccc(C2(CNC(=O)c3cccnc3SC)CCCC2)cc1. The number of benzene rings is 1. The summed E-state index contributed by atoms with van der Waals surface area (Å²) in [6.45, 7) is 0.654. The van der Waals surface area contributed by atoms with E-state index in [9.17, 15) is 4.79 Å². The molecule has 1 saturated carbocycles. The number of rotatable bonds is 6. The lowest BCUT2D eigenvalue weighted by Crippen LogP contribution is -2.39. The first-order valence-corrected chi connectivity index (χ1v) is 9.83. The van der Waals surface area contributed by atoms with Gasteiger partial charge in [-0.25, -0.2) is 4.98 Å². The van der Waals surface area contributed by atoms with Gasteiger partial charge in [0, 0.05) is 18.2 Å². The van der Waals surface area contributed by atoms with Crippen LogP contribution in [0.4, 0.5) is 0 Å². The number of nitrogens with one attached hydrogen (secondary N) is 1. The van der Waals surface area contributed by atoms with Crippen LogP contribution in [0.15, 0.2) is 47.6 Å². The Kier molecular flexibility index (Phi) is 5.63. The summed E-state index contributed by atoms with van der Waals surface area (Å²) in [6.07, 6.45) is 8.26. The van der Waals surface area contributed by atoms with E-state index in [0.717, 1.165) is 23.6 Å². The predicted octanol–water partition coefficient (Wildman–Crippen LogP) is 4.05. The molecular weight excluding hydrogens is 332 g/mol. The van der Waals surface area contributed by atoms with Crippen molar-refractivity contribution in [2.24, 2.45) is 0 Å². The number of hydrogen-bond acceptors (Lipinski definition) is 4. The zero-order valence-corrected chi connectivity index (χ0v) is 15.6. The Bertz CT molecular complexity index is 725. The topological polar surface area (TPSA) is 51.2 Å². The lowest BCUT2D eigenvalue weighted by Gasteiger charge is -2.30. The van der Waals surface area contributed by atoms with Crippen LogP contribution in [0.3, 0.4) is 0 Å². The smallest absolute Gasteiger partial charge is 0.254 e. The van der Waals surface area contributed by atoms with E-state index in [4.69, 9.17) is 4.74 Å². The van der Waals surface area contributed by atoms with Gasteiger partial charge in [-0.1, -0.05) is 25.0 Å². The number of carbonyl (C=O) groups is 1. The zero-order chi connectivity index (χ0) is 17.7. The van der Waals surface area contributed by atoms with E-state index < -0.39 is 0 Å². The molecule has 3 rings (SSSR count). The number of aromatic nitrogens is 1. The van der Waals surface area contributed by atoms with E-state index in [-0.39, 0.29) is 11.3 Å². The molecule has 1 aliphatic carbocycles. The minimum atomic E-state index is -0.0442. The van der Waals surface area contributed by atoms with Crippen LogP contribution in [0.25, 0.3) is 0 Å². The van der Waals surface area contributed by atoms with E-state index in [1.54, 1.807) is 13.3 Å². The van der Waals surface area contributed by atoms with Gasteiger partial charge in [0.1, 0.15) is 10.8 Å². The van der Waals surface area contributed by atoms with E-state index in [1.165, 1.54) is 30.2 Å². The highest BCUT2D eigenvalue weighted by Crippen LogP contribution is 2.41. The molecule has 4 nitrogen and oxygen atoms in total. The van der Waals surface area contributed by atoms with Gasteiger partial charge in [0.2, 0.25) is 0 Å². The predicted molar refractivity (Wildman–Crippen MR) is 101 cm³/mol. The molecule has 0 radical (unpaired) electrons. The summed E-state index contributed by atoms with van der Waals surface area (Å²) >= 11 is 1.50. The van der Waals surface area contributed by atoms with Crippen LogP contribution in [0, 0.1) is 0 Å². The molecule has 0 aliphatic heterocycles. The van der Waals surface area contributed by atoms with Crippen LogP contribution in [0.5, 0.6) is 5.75 Å². The fourth-order valence-corrected chi connectivity index (χ4v) is 4.18. The fraction of sp³-hybridized carbons (Fsp3) is 0.400. The van der Waals surface area contributed by atoms with Gasteiger partial charge in [-0.15, -0.1) is 11.8 Å². The molecule has 1 aliphatic rings. The molecule has 5 heteroatoms. The molecule has 1 fully saturated rings. The summed E-state index contributed by atoms with van der Waals surface area (Å²) in [5, 5.41) is 3.93. The molecule has 0 atom stereocenters. The van der Waals surface area contributed by atoms with Crippen LogP contribution in [0.1, 0.15) is 41.6 Å². The zero-order valence-electron chi connectivity index (χ0n) is 14.7. The first-order chi connectivity index (χ1) is 12.2. The molecule has 1 heterocycles. The molecule has 1 aromatic carbocycles. The van der Waals surface area contributed by atoms with E-state index >= 15 is 0 Å². The van der Waals surface area contributed by atoms with Crippen molar-refractivity contribution in [1.82, 2.24) is 10.3 Å². The largest absolute Gasteiger partial charge is 0.497 e. The summed E-state index contributed by atoms with van der Waals surface area (Å²) in [5.41, 5.74) is 1.95. The van der Waals surface area contributed by atoms with Gasteiger partial charge in [0.15, 0.2) is 0 Å². The number of carbonyl (C=O) groups excluding carboxylic acids is 1. The van der Waals surface area contributed by atoms with Crippen molar-refractivity contribution in [1.29, 1.82) is 0 Å². The number of ether oxygens (including phenoxy) is 1. The average molecular weight is 356 g/mol. The Balaban J connectivity index is 1.77. The van der Waals surface area contributed by atoms with Crippen LogP contribution in [0.2, 0.25) is 0 Å². The van der Waals surface area contributed by atoms with Gasteiger partial charge >= 0.3 is 0 Å². The number of pyridine rings is 1. The summed E-state index contributed by atoms with van der Waals surface area (Å²) < 4.78 is 5.27. The minimum absolute atomic E-state index is 0.0175. The molecule has 0 saturated heterocycles. The van der Waals surface area contributed by atoms with Crippen molar-refractivity contribution in [3.63, 3.8) is 0 Å². The maximum Gasteiger partial charge on any atom is 0.254 e. The maximum atomic E-state index is 12.7. The minimum Gasteiger partial charge on any atom is -0.497 e. The molecule has 0 unspecified atom stereocenters. The third kappa shape index (κ3) is 3.82. The Morgan fingerprint density at radius 2 is 1.96 bits per heavy atom. The quantitative estimate of drug-likeness (QED) is 0.793. The molecule has 132 valence electrons. The molecular formula is C20H24N2O2S. The van der Waals surface area contributed by atoms with Gasteiger partial charge in [-0.3, -0.25) is 4.79 Å². The highest BCUT2D eigenvalue weighted by Gasteiger charge is 2.36. The van der Waals surface area contributed by atoms with Crippen molar-refractivity contribution in [3.8, 4) is 5.75 Å². The summed E-state index contributed by atoms with van der Waals surface area (Å²) in [5.74, 6) is 0.818. The maximum absolute atomic E-state index is 12.7. The number of methoxy groups -OCH3 is 1. The molecule has 1 N–H and O–H groups in total. The lowest BCUT2D eigenvalue weighted by atomic mass is 9.78. The van der Waals surface area contributed by atoms with Gasteiger partial charge in [-0.2, -0.15) is 0 Å². The van der Waals surface area contributed by atoms with Crippen molar-refractivity contribution in [2.45, 2.75) is 36.1 Å². The van der Waals surface area contributed by atoms with Crippen molar-refractivity contribution < 1.29 is 9.53 Å². The van der Waals surface area contributed by atoms with Gasteiger partial charge in [0.05, 0.1) is 12.7 Å². The number of amides is 1. The Morgan fingerprint density at radius 3 is 2.60 bits per heavy atom. The first kappa shape index (κ1) is 17.8. The van der Waals surface area contributed by atoms with E-state index in [0.29, 0.717) is 12.1 Å². The Labute approximate surface area is 153 Å².